The average Bonchev–Trinajstić information content (AvgIpc) is 3.39. The van der Waals surface area contributed by atoms with Crippen LogP contribution in [-0.4, -0.2) is 65.2 Å². The minimum atomic E-state index is -1.10. The number of carbonyl (C=O) groups is 3. The van der Waals surface area contributed by atoms with Crippen LogP contribution in [0.1, 0.15) is 31.7 Å². The maximum absolute atomic E-state index is 13.7. The fourth-order valence-corrected chi connectivity index (χ4v) is 5.92. The van der Waals surface area contributed by atoms with Gasteiger partial charge in [-0.1, -0.05) is 30.7 Å². The van der Waals surface area contributed by atoms with Gasteiger partial charge in [0.2, 0.25) is 17.7 Å². The Labute approximate surface area is 186 Å². The number of aliphatic hydroxyl groups is 1. The third kappa shape index (κ3) is 3.15. The van der Waals surface area contributed by atoms with Crippen LogP contribution >= 0.6 is 11.6 Å². The number of likely N-dealkylation sites (tertiary alicyclic amines) is 1. The number of rotatable bonds is 6. The van der Waals surface area contributed by atoms with Gasteiger partial charge in [-0.25, -0.2) is 0 Å². The standard InChI is InChI=1S/C22H28ClN3O5/c1-4-12(10-27)26-18(20(29)25-17-11(2)6-5-7-13(17)23)22-9-8-14(31-22)15(19(28)24-3)16(22)21(26)30/h5-7,12,14-16,18,27H,4,8-10H2,1-3H3,(H,24,28)(H,25,29)/t12-,14-,15+,16-,18?,22?/m0/s1. The lowest BCUT2D eigenvalue weighted by atomic mass is 9.70. The van der Waals surface area contributed by atoms with Crippen LogP contribution in [0.2, 0.25) is 5.02 Å². The topological polar surface area (TPSA) is 108 Å². The van der Waals surface area contributed by atoms with E-state index in [1.807, 2.05) is 19.9 Å². The highest BCUT2D eigenvalue weighted by Crippen LogP contribution is 2.59. The number of para-hydroxylation sites is 1. The van der Waals surface area contributed by atoms with Crippen LogP contribution < -0.4 is 10.6 Å². The van der Waals surface area contributed by atoms with Crippen molar-refractivity contribution in [3.05, 3.63) is 28.8 Å². The van der Waals surface area contributed by atoms with Gasteiger partial charge in [-0.2, -0.15) is 0 Å². The number of nitrogens with one attached hydrogen (secondary N) is 2. The molecule has 8 nitrogen and oxygen atoms in total. The summed E-state index contributed by atoms with van der Waals surface area (Å²) in [5.74, 6) is -2.39. The summed E-state index contributed by atoms with van der Waals surface area (Å²) in [6.07, 6.45) is 1.16. The van der Waals surface area contributed by atoms with Crippen LogP contribution in [0.5, 0.6) is 0 Å². The van der Waals surface area contributed by atoms with Crippen molar-refractivity contribution in [1.29, 1.82) is 0 Å². The molecule has 0 radical (unpaired) electrons. The molecule has 1 spiro atoms. The highest BCUT2D eigenvalue weighted by molar-refractivity contribution is 6.34. The summed E-state index contributed by atoms with van der Waals surface area (Å²) < 4.78 is 6.29. The number of carbonyl (C=O) groups excluding carboxylic acids is 3. The average molecular weight is 450 g/mol. The molecule has 0 saturated carbocycles. The van der Waals surface area contributed by atoms with E-state index < -0.39 is 41.5 Å². The highest BCUT2D eigenvalue weighted by atomic mass is 35.5. The zero-order chi connectivity index (χ0) is 22.5. The van der Waals surface area contributed by atoms with Gasteiger partial charge < -0.3 is 25.4 Å². The molecule has 3 amide bonds. The first-order valence-corrected chi connectivity index (χ1v) is 11.1. The molecule has 3 saturated heterocycles. The van der Waals surface area contributed by atoms with Crippen molar-refractivity contribution in [2.45, 2.75) is 56.9 Å². The maximum atomic E-state index is 13.7. The van der Waals surface area contributed by atoms with E-state index in [1.54, 1.807) is 12.1 Å². The molecule has 6 atom stereocenters. The normalized spacial score (nSPS) is 32.2. The second kappa shape index (κ2) is 8.07. The van der Waals surface area contributed by atoms with Gasteiger partial charge in [-0.3, -0.25) is 14.4 Å². The van der Waals surface area contributed by atoms with Crippen LogP contribution in [0.4, 0.5) is 5.69 Å². The second-order valence-electron chi connectivity index (χ2n) is 8.58. The minimum absolute atomic E-state index is 0.259. The highest BCUT2D eigenvalue weighted by Gasteiger charge is 2.74. The summed E-state index contributed by atoms with van der Waals surface area (Å²) in [7, 11) is 1.53. The molecule has 3 aliphatic heterocycles. The molecular formula is C22H28ClN3O5. The molecular weight excluding hydrogens is 422 g/mol. The van der Waals surface area contributed by atoms with Gasteiger partial charge in [0.15, 0.2) is 0 Å². The molecule has 1 aromatic carbocycles. The molecule has 9 heteroatoms. The fraction of sp³-hybridized carbons (Fsp3) is 0.591. The van der Waals surface area contributed by atoms with Crippen molar-refractivity contribution < 1.29 is 24.2 Å². The van der Waals surface area contributed by atoms with Crippen molar-refractivity contribution >= 4 is 35.0 Å². The molecule has 0 aliphatic carbocycles. The van der Waals surface area contributed by atoms with Crippen LogP contribution in [0, 0.1) is 18.8 Å². The predicted octanol–water partition coefficient (Wildman–Crippen LogP) is 1.48. The lowest BCUT2D eigenvalue weighted by molar-refractivity contribution is -0.144. The van der Waals surface area contributed by atoms with Gasteiger partial charge in [0.25, 0.3) is 0 Å². The Hall–Kier alpha value is -2.16. The lowest BCUT2D eigenvalue weighted by Gasteiger charge is -2.36. The van der Waals surface area contributed by atoms with Crippen molar-refractivity contribution in [2.24, 2.45) is 11.8 Å². The van der Waals surface area contributed by atoms with Crippen LogP contribution in [0.15, 0.2) is 18.2 Å². The maximum Gasteiger partial charge on any atom is 0.250 e. The summed E-state index contributed by atoms with van der Waals surface area (Å²) in [4.78, 5) is 41.3. The lowest BCUT2D eigenvalue weighted by Crippen LogP contribution is -2.56. The first-order valence-electron chi connectivity index (χ1n) is 10.7. The zero-order valence-electron chi connectivity index (χ0n) is 17.9. The number of anilines is 1. The molecule has 3 fully saturated rings. The molecule has 4 rings (SSSR count). The Morgan fingerprint density at radius 3 is 2.74 bits per heavy atom. The van der Waals surface area contributed by atoms with E-state index in [4.69, 9.17) is 16.3 Å². The molecule has 3 aliphatic rings. The largest absolute Gasteiger partial charge is 0.394 e. The van der Waals surface area contributed by atoms with E-state index in [0.29, 0.717) is 30.0 Å². The molecule has 2 unspecified atom stereocenters. The third-order valence-electron chi connectivity index (χ3n) is 7.08. The van der Waals surface area contributed by atoms with E-state index in [9.17, 15) is 19.5 Å². The third-order valence-corrected chi connectivity index (χ3v) is 7.40. The van der Waals surface area contributed by atoms with Crippen LogP contribution in [-0.2, 0) is 19.1 Å². The Morgan fingerprint density at radius 2 is 2.13 bits per heavy atom. The summed E-state index contributed by atoms with van der Waals surface area (Å²) in [6, 6.07) is 3.80. The SMILES string of the molecule is CC[C@@H](CO)N1C(=O)[C@@H]2[C@H](C(=O)NC)[C@@H]3CCC2(O3)C1C(=O)Nc1c(C)cccc1Cl. The monoisotopic (exact) mass is 449 g/mol. The first-order chi connectivity index (χ1) is 14.8. The smallest absolute Gasteiger partial charge is 0.250 e. The molecule has 2 bridgehead atoms. The molecule has 3 heterocycles. The van der Waals surface area contributed by atoms with Crippen LogP contribution in [0.25, 0.3) is 0 Å². The Bertz CT molecular complexity index is 900. The van der Waals surface area contributed by atoms with Crippen molar-refractivity contribution in [2.75, 3.05) is 19.0 Å². The number of hydrogen-bond acceptors (Lipinski definition) is 5. The van der Waals surface area contributed by atoms with Crippen molar-refractivity contribution in [1.82, 2.24) is 10.2 Å². The van der Waals surface area contributed by atoms with Gasteiger partial charge in [-0.15, -0.1) is 0 Å². The number of ether oxygens (including phenoxy) is 1. The summed E-state index contributed by atoms with van der Waals surface area (Å²) in [6.45, 7) is 3.40. The number of nitrogens with zero attached hydrogens (tertiary/aromatic N) is 1. The molecule has 0 aromatic heterocycles. The van der Waals surface area contributed by atoms with E-state index in [2.05, 4.69) is 10.6 Å². The number of hydrogen-bond donors (Lipinski definition) is 3. The van der Waals surface area contributed by atoms with Gasteiger partial charge in [0, 0.05) is 7.05 Å². The predicted molar refractivity (Wildman–Crippen MR) is 115 cm³/mol. The van der Waals surface area contributed by atoms with E-state index in [1.165, 1.54) is 11.9 Å². The van der Waals surface area contributed by atoms with Crippen molar-refractivity contribution in [3.8, 4) is 0 Å². The summed E-state index contributed by atoms with van der Waals surface area (Å²) >= 11 is 6.31. The number of fused-ring (bicyclic) bond motifs is 1. The van der Waals surface area contributed by atoms with Gasteiger partial charge in [0.1, 0.15) is 11.6 Å². The first kappa shape index (κ1) is 22.0. The van der Waals surface area contributed by atoms with Gasteiger partial charge >= 0.3 is 0 Å². The summed E-state index contributed by atoms with van der Waals surface area (Å²) in [5.41, 5.74) is 0.175. The minimum Gasteiger partial charge on any atom is -0.394 e. The van der Waals surface area contributed by atoms with E-state index >= 15 is 0 Å². The second-order valence-corrected chi connectivity index (χ2v) is 8.99. The van der Waals surface area contributed by atoms with E-state index in [0.717, 1.165) is 5.56 Å². The number of halogens is 1. The number of amides is 3. The molecule has 3 N–H and O–H groups in total. The number of aryl methyl sites for hydroxylation is 1. The fourth-order valence-electron chi connectivity index (χ4n) is 5.65. The number of benzene rings is 1. The van der Waals surface area contributed by atoms with Crippen molar-refractivity contribution in [3.63, 3.8) is 0 Å². The van der Waals surface area contributed by atoms with E-state index in [-0.39, 0.29) is 18.4 Å². The molecule has 168 valence electrons. The van der Waals surface area contributed by atoms with Crippen LogP contribution in [0.3, 0.4) is 0 Å². The molecule has 31 heavy (non-hydrogen) atoms. The number of aliphatic hydroxyl groups excluding tert-OH is 1. The summed E-state index contributed by atoms with van der Waals surface area (Å²) in [5, 5.41) is 15.9. The quantitative estimate of drug-likeness (QED) is 0.609. The Morgan fingerprint density at radius 1 is 1.39 bits per heavy atom. The Kier molecular flexibility index (Phi) is 5.74. The van der Waals surface area contributed by atoms with Gasteiger partial charge in [-0.05, 0) is 37.8 Å². The zero-order valence-corrected chi connectivity index (χ0v) is 18.6. The molecule has 1 aromatic rings. The van der Waals surface area contributed by atoms with Gasteiger partial charge in [0.05, 0.1) is 41.3 Å². The Balaban J connectivity index is 1.77.